The Hall–Kier alpha value is -0.390. The molecular formula is C10H14BrNO2S. The number of ether oxygens (including phenoxy) is 1. The summed E-state index contributed by atoms with van der Waals surface area (Å²) >= 11 is 4.99. The van der Waals surface area contributed by atoms with Crippen molar-refractivity contribution in [2.45, 2.75) is 11.2 Å². The number of thiophene rings is 1. The topological polar surface area (TPSA) is 38.3 Å². The Kier molecular flexibility index (Phi) is 5.90. The third kappa shape index (κ3) is 4.77. The van der Waals surface area contributed by atoms with Crippen LogP contribution in [0.3, 0.4) is 0 Å². The maximum Gasteiger partial charge on any atom is 0.252 e. The lowest BCUT2D eigenvalue weighted by molar-refractivity contribution is 0.0952. The minimum absolute atomic E-state index is 0.00614. The highest BCUT2D eigenvalue weighted by Crippen LogP contribution is 2.07. The van der Waals surface area contributed by atoms with Gasteiger partial charge in [0.1, 0.15) is 0 Å². The maximum atomic E-state index is 11.5. The number of alkyl halides is 1. The van der Waals surface area contributed by atoms with Crippen LogP contribution in [0.5, 0.6) is 0 Å². The molecule has 0 saturated heterocycles. The van der Waals surface area contributed by atoms with Gasteiger partial charge in [0.2, 0.25) is 0 Å². The lowest BCUT2D eigenvalue weighted by Gasteiger charge is -2.08. The molecule has 1 N–H and O–H groups in total. The van der Waals surface area contributed by atoms with Crippen molar-refractivity contribution in [2.75, 3.05) is 20.3 Å². The average molecular weight is 292 g/mol. The van der Waals surface area contributed by atoms with E-state index in [1.54, 1.807) is 7.11 Å². The zero-order valence-electron chi connectivity index (χ0n) is 8.53. The number of amides is 1. The van der Waals surface area contributed by atoms with Crippen LogP contribution in [-0.4, -0.2) is 31.0 Å². The van der Waals surface area contributed by atoms with Crippen molar-refractivity contribution in [1.82, 2.24) is 5.32 Å². The third-order valence-corrected chi connectivity index (χ3v) is 3.28. The number of carbonyl (C=O) groups excluding carboxylic acids is 1. The zero-order valence-corrected chi connectivity index (χ0v) is 10.9. The predicted molar refractivity (Wildman–Crippen MR) is 65.9 cm³/mol. The van der Waals surface area contributed by atoms with Crippen molar-refractivity contribution in [1.29, 1.82) is 0 Å². The Balaban J connectivity index is 2.18. The summed E-state index contributed by atoms with van der Waals surface area (Å²) < 4.78 is 4.98. The lowest BCUT2D eigenvalue weighted by atomic mass is 10.3. The molecule has 1 aromatic rings. The highest BCUT2D eigenvalue weighted by Gasteiger charge is 2.07. The lowest BCUT2D eigenvalue weighted by Crippen LogP contribution is -2.26. The van der Waals surface area contributed by atoms with Crippen LogP contribution in [-0.2, 0) is 4.74 Å². The number of rotatable bonds is 6. The van der Waals surface area contributed by atoms with Gasteiger partial charge in [0, 0.05) is 29.4 Å². The molecule has 1 unspecified atom stereocenters. The Morgan fingerprint density at radius 3 is 3.13 bits per heavy atom. The molecule has 0 spiro atoms. The summed E-state index contributed by atoms with van der Waals surface area (Å²) in [5.41, 5.74) is 0.734. The van der Waals surface area contributed by atoms with Crippen LogP contribution in [0.1, 0.15) is 16.8 Å². The molecule has 0 bridgehead atoms. The Morgan fingerprint density at radius 2 is 2.53 bits per heavy atom. The molecule has 0 fully saturated rings. The first kappa shape index (κ1) is 12.7. The molecule has 3 nitrogen and oxygen atoms in total. The molecule has 1 rings (SSSR count). The molecule has 0 radical (unpaired) electrons. The number of nitrogens with one attached hydrogen (secondary N) is 1. The molecular weight excluding hydrogens is 278 g/mol. The van der Waals surface area contributed by atoms with Gasteiger partial charge in [-0.05, 0) is 17.9 Å². The SMILES string of the molecule is COCC(Br)CCNC(=O)c1ccsc1. The Morgan fingerprint density at radius 1 is 1.73 bits per heavy atom. The van der Waals surface area contributed by atoms with Crippen molar-refractivity contribution in [3.8, 4) is 0 Å². The van der Waals surface area contributed by atoms with Gasteiger partial charge in [-0.2, -0.15) is 11.3 Å². The van der Waals surface area contributed by atoms with Crippen molar-refractivity contribution < 1.29 is 9.53 Å². The first-order chi connectivity index (χ1) is 7.24. The molecule has 1 atom stereocenters. The average Bonchev–Trinajstić information content (AvgIpc) is 2.70. The number of hydrogen-bond donors (Lipinski definition) is 1. The Bertz CT molecular complexity index is 290. The quantitative estimate of drug-likeness (QED) is 0.817. The van der Waals surface area contributed by atoms with Crippen LogP contribution in [0.25, 0.3) is 0 Å². The third-order valence-electron chi connectivity index (χ3n) is 1.87. The van der Waals surface area contributed by atoms with Gasteiger partial charge >= 0.3 is 0 Å². The van der Waals surface area contributed by atoms with Gasteiger partial charge in [0.25, 0.3) is 5.91 Å². The summed E-state index contributed by atoms with van der Waals surface area (Å²) in [5, 5.41) is 6.60. The van der Waals surface area contributed by atoms with E-state index in [1.807, 2.05) is 16.8 Å². The molecule has 15 heavy (non-hydrogen) atoms. The van der Waals surface area contributed by atoms with E-state index in [0.717, 1.165) is 12.0 Å². The molecule has 1 aromatic heterocycles. The Labute approximate surface area is 102 Å². The van der Waals surface area contributed by atoms with E-state index < -0.39 is 0 Å². The van der Waals surface area contributed by atoms with Crippen molar-refractivity contribution in [3.63, 3.8) is 0 Å². The van der Waals surface area contributed by atoms with Gasteiger partial charge in [0.15, 0.2) is 0 Å². The van der Waals surface area contributed by atoms with Crippen LogP contribution in [0.15, 0.2) is 16.8 Å². The summed E-state index contributed by atoms with van der Waals surface area (Å²) in [5.74, 6) is -0.00614. The van der Waals surface area contributed by atoms with Gasteiger partial charge in [-0.15, -0.1) is 0 Å². The van der Waals surface area contributed by atoms with E-state index in [2.05, 4.69) is 21.2 Å². The van der Waals surface area contributed by atoms with Crippen LogP contribution >= 0.6 is 27.3 Å². The van der Waals surface area contributed by atoms with Gasteiger partial charge in [0.05, 0.1) is 6.61 Å². The monoisotopic (exact) mass is 291 g/mol. The number of halogens is 1. The van der Waals surface area contributed by atoms with Gasteiger partial charge in [-0.1, -0.05) is 15.9 Å². The molecule has 0 saturated carbocycles. The van der Waals surface area contributed by atoms with Crippen LogP contribution in [0.2, 0.25) is 0 Å². The summed E-state index contributed by atoms with van der Waals surface area (Å²) in [7, 11) is 1.66. The molecule has 1 amide bonds. The fraction of sp³-hybridized carbons (Fsp3) is 0.500. The molecule has 0 aliphatic rings. The smallest absolute Gasteiger partial charge is 0.252 e. The first-order valence-corrected chi connectivity index (χ1v) is 6.53. The number of hydrogen-bond acceptors (Lipinski definition) is 3. The normalized spacial score (nSPS) is 12.4. The predicted octanol–water partition coefficient (Wildman–Crippen LogP) is 2.28. The van der Waals surface area contributed by atoms with E-state index in [4.69, 9.17) is 4.74 Å². The zero-order chi connectivity index (χ0) is 11.1. The van der Waals surface area contributed by atoms with Crippen molar-refractivity contribution in [2.24, 2.45) is 0 Å². The summed E-state index contributed by atoms with van der Waals surface area (Å²) in [6.07, 6.45) is 0.865. The second-order valence-electron chi connectivity index (χ2n) is 3.11. The van der Waals surface area contributed by atoms with E-state index in [1.165, 1.54) is 11.3 Å². The standard InChI is InChI=1S/C10H14BrNO2S/c1-14-6-9(11)2-4-12-10(13)8-3-5-15-7-8/h3,5,7,9H,2,4,6H2,1H3,(H,12,13). The summed E-state index contributed by atoms with van der Waals surface area (Å²) in [6.45, 7) is 1.32. The molecule has 0 aliphatic carbocycles. The minimum atomic E-state index is -0.00614. The van der Waals surface area contributed by atoms with E-state index in [0.29, 0.717) is 18.0 Å². The maximum absolute atomic E-state index is 11.5. The highest BCUT2D eigenvalue weighted by atomic mass is 79.9. The van der Waals surface area contributed by atoms with E-state index in [-0.39, 0.29) is 5.91 Å². The molecule has 0 aliphatic heterocycles. The largest absolute Gasteiger partial charge is 0.384 e. The first-order valence-electron chi connectivity index (χ1n) is 4.67. The van der Waals surface area contributed by atoms with Crippen LogP contribution < -0.4 is 5.32 Å². The number of methoxy groups -OCH3 is 1. The van der Waals surface area contributed by atoms with Crippen molar-refractivity contribution in [3.05, 3.63) is 22.4 Å². The molecule has 1 heterocycles. The second kappa shape index (κ2) is 6.98. The molecule has 0 aromatic carbocycles. The van der Waals surface area contributed by atoms with E-state index >= 15 is 0 Å². The van der Waals surface area contributed by atoms with Crippen molar-refractivity contribution >= 4 is 33.2 Å². The second-order valence-corrected chi connectivity index (χ2v) is 5.18. The summed E-state index contributed by atoms with van der Waals surface area (Å²) in [6, 6.07) is 1.82. The van der Waals surface area contributed by atoms with Gasteiger partial charge < -0.3 is 10.1 Å². The molecule has 5 heteroatoms. The fourth-order valence-corrected chi connectivity index (χ4v) is 2.23. The highest BCUT2D eigenvalue weighted by molar-refractivity contribution is 9.09. The molecule has 84 valence electrons. The fourth-order valence-electron chi connectivity index (χ4n) is 1.10. The van der Waals surface area contributed by atoms with Gasteiger partial charge in [-0.25, -0.2) is 0 Å². The minimum Gasteiger partial charge on any atom is -0.384 e. The van der Waals surface area contributed by atoms with Gasteiger partial charge in [-0.3, -0.25) is 4.79 Å². The van der Waals surface area contributed by atoms with Crippen LogP contribution in [0.4, 0.5) is 0 Å². The summed E-state index contributed by atoms with van der Waals surface area (Å²) in [4.78, 5) is 11.8. The number of carbonyl (C=O) groups is 1. The van der Waals surface area contributed by atoms with E-state index in [9.17, 15) is 4.79 Å². The van der Waals surface area contributed by atoms with Crippen LogP contribution in [0, 0.1) is 0 Å².